The summed E-state index contributed by atoms with van der Waals surface area (Å²) in [4.78, 5) is 32.1. The van der Waals surface area contributed by atoms with Gasteiger partial charge in [0.25, 0.3) is 11.8 Å². The Labute approximate surface area is 137 Å². The highest BCUT2D eigenvalue weighted by Gasteiger charge is 2.17. The number of benzene rings is 1. The number of carbonyl (C=O) groups excluding carboxylic acids is 2. The first kappa shape index (κ1) is 15.3. The largest absolute Gasteiger partial charge is 0.346 e. The van der Waals surface area contributed by atoms with Crippen molar-refractivity contribution < 1.29 is 9.59 Å². The molecule has 2 aromatic heterocycles. The third-order valence-corrected chi connectivity index (χ3v) is 3.20. The number of H-pyrrole nitrogens is 1. The van der Waals surface area contributed by atoms with Gasteiger partial charge in [0.05, 0.1) is 11.9 Å². The van der Waals surface area contributed by atoms with Crippen molar-refractivity contribution >= 4 is 17.5 Å². The van der Waals surface area contributed by atoms with Crippen LogP contribution in [0.4, 0.5) is 5.69 Å². The maximum absolute atomic E-state index is 12.2. The number of aromatic amines is 1. The minimum Gasteiger partial charge on any atom is -0.346 e. The molecule has 0 radical (unpaired) electrons. The Morgan fingerprint density at radius 1 is 1.08 bits per heavy atom. The van der Waals surface area contributed by atoms with E-state index in [1.54, 1.807) is 0 Å². The van der Waals surface area contributed by atoms with Crippen molar-refractivity contribution in [2.75, 3.05) is 5.32 Å². The van der Waals surface area contributed by atoms with E-state index in [0.717, 1.165) is 5.56 Å². The number of rotatable bonds is 5. The topological polar surface area (TPSA) is 113 Å². The van der Waals surface area contributed by atoms with E-state index < -0.39 is 11.8 Å². The third-order valence-electron chi connectivity index (χ3n) is 3.20. The highest BCUT2D eigenvalue weighted by Crippen LogP contribution is 2.13. The van der Waals surface area contributed by atoms with Gasteiger partial charge in [0, 0.05) is 25.1 Å². The minimum absolute atomic E-state index is 0.100. The van der Waals surface area contributed by atoms with E-state index in [9.17, 15) is 9.59 Å². The van der Waals surface area contributed by atoms with Crippen LogP contribution in [0.5, 0.6) is 0 Å². The van der Waals surface area contributed by atoms with Gasteiger partial charge in [-0.3, -0.25) is 19.7 Å². The number of aromatic nitrogens is 4. The zero-order chi connectivity index (χ0) is 16.8. The van der Waals surface area contributed by atoms with Crippen LogP contribution in [0.3, 0.4) is 0 Å². The summed E-state index contributed by atoms with van der Waals surface area (Å²) in [5.74, 6) is -0.865. The Bertz CT molecular complexity index is 832. The highest BCUT2D eigenvalue weighted by atomic mass is 16.2. The molecule has 2 amide bonds. The Balaban J connectivity index is 1.66. The Kier molecular flexibility index (Phi) is 4.57. The molecule has 0 aliphatic heterocycles. The van der Waals surface area contributed by atoms with E-state index in [0.29, 0.717) is 6.54 Å². The van der Waals surface area contributed by atoms with Gasteiger partial charge in [0.1, 0.15) is 5.69 Å². The van der Waals surface area contributed by atoms with E-state index in [4.69, 9.17) is 0 Å². The van der Waals surface area contributed by atoms with Gasteiger partial charge in [-0.15, -0.1) is 0 Å². The molecule has 0 atom stereocenters. The van der Waals surface area contributed by atoms with Crippen molar-refractivity contribution in [2.45, 2.75) is 6.54 Å². The average Bonchev–Trinajstić information content (AvgIpc) is 3.09. The zero-order valence-corrected chi connectivity index (χ0v) is 12.6. The maximum Gasteiger partial charge on any atom is 0.275 e. The van der Waals surface area contributed by atoms with Crippen molar-refractivity contribution in [3.8, 4) is 0 Å². The summed E-state index contributed by atoms with van der Waals surface area (Å²) in [6, 6.07) is 9.49. The number of hydrogen-bond donors (Lipinski definition) is 3. The molecule has 3 N–H and O–H groups in total. The number of anilines is 1. The zero-order valence-electron chi connectivity index (χ0n) is 12.6. The number of amides is 2. The van der Waals surface area contributed by atoms with Gasteiger partial charge >= 0.3 is 0 Å². The van der Waals surface area contributed by atoms with Crippen LogP contribution < -0.4 is 10.6 Å². The smallest absolute Gasteiger partial charge is 0.275 e. The molecule has 8 heteroatoms. The fourth-order valence-electron chi connectivity index (χ4n) is 2.02. The molecule has 2 heterocycles. The molecule has 8 nitrogen and oxygen atoms in total. The van der Waals surface area contributed by atoms with Crippen molar-refractivity contribution in [3.05, 3.63) is 72.1 Å². The molecular weight excluding hydrogens is 308 g/mol. The van der Waals surface area contributed by atoms with Crippen molar-refractivity contribution in [3.63, 3.8) is 0 Å². The van der Waals surface area contributed by atoms with E-state index in [-0.39, 0.29) is 17.1 Å². The van der Waals surface area contributed by atoms with Crippen LogP contribution in [0.2, 0.25) is 0 Å². The molecule has 0 saturated heterocycles. The summed E-state index contributed by atoms with van der Waals surface area (Å²) in [6.07, 6.45) is 5.66. The Morgan fingerprint density at radius 2 is 1.92 bits per heavy atom. The molecule has 0 saturated carbocycles. The third kappa shape index (κ3) is 3.61. The van der Waals surface area contributed by atoms with E-state index in [2.05, 4.69) is 30.8 Å². The van der Waals surface area contributed by atoms with E-state index in [1.165, 1.54) is 24.8 Å². The molecule has 3 aromatic rings. The predicted molar refractivity (Wildman–Crippen MR) is 86.2 cm³/mol. The molecule has 0 aliphatic carbocycles. The molecule has 0 aliphatic rings. The van der Waals surface area contributed by atoms with Crippen LogP contribution in [-0.4, -0.2) is 32.0 Å². The van der Waals surface area contributed by atoms with Crippen LogP contribution >= 0.6 is 0 Å². The van der Waals surface area contributed by atoms with Crippen LogP contribution in [0.15, 0.2) is 55.1 Å². The number of hydrogen-bond acceptors (Lipinski definition) is 5. The van der Waals surface area contributed by atoms with Crippen LogP contribution in [0.1, 0.15) is 26.5 Å². The first-order valence-electron chi connectivity index (χ1n) is 7.17. The summed E-state index contributed by atoms with van der Waals surface area (Å²) >= 11 is 0. The number of nitrogens with one attached hydrogen (secondary N) is 3. The lowest BCUT2D eigenvalue weighted by Crippen LogP contribution is -2.25. The second-order valence-corrected chi connectivity index (χ2v) is 4.86. The normalized spacial score (nSPS) is 10.2. The van der Waals surface area contributed by atoms with Gasteiger partial charge in [0.2, 0.25) is 0 Å². The second-order valence-electron chi connectivity index (χ2n) is 4.86. The standard InChI is InChI=1S/C16H14N6O2/c23-15(13-9-17-6-7-18-13)21-12-10-20-22-14(12)16(24)19-8-11-4-2-1-3-5-11/h1-7,9-10H,8H2,(H,19,24)(H,20,22)(H,21,23). The highest BCUT2D eigenvalue weighted by molar-refractivity contribution is 6.07. The summed E-state index contributed by atoms with van der Waals surface area (Å²) in [6.45, 7) is 0.365. The molecule has 24 heavy (non-hydrogen) atoms. The fraction of sp³-hybridized carbons (Fsp3) is 0.0625. The lowest BCUT2D eigenvalue weighted by molar-refractivity contribution is 0.0947. The summed E-state index contributed by atoms with van der Waals surface area (Å²) in [5, 5.41) is 11.8. The first-order chi connectivity index (χ1) is 11.7. The monoisotopic (exact) mass is 322 g/mol. The molecular formula is C16H14N6O2. The molecule has 0 spiro atoms. The van der Waals surface area contributed by atoms with Crippen molar-refractivity contribution in [2.24, 2.45) is 0 Å². The van der Waals surface area contributed by atoms with E-state index >= 15 is 0 Å². The Morgan fingerprint density at radius 3 is 2.67 bits per heavy atom. The van der Waals surface area contributed by atoms with Gasteiger partial charge in [-0.25, -0.2) is 4.98 Å². The second kappa shape index (κ2) is 7.14. The molecule has 1 aromatic carbocycles. The summed E-state index contributed by atoms with van der Waals surface area (Å²) in [5.41, 5.74) is 1.49. The quantitative estimate of drug-likeness (QED) is 0.657. The van der Waals surface area contributed by atoms with E-state index in [1.807, 2.05) is 30.3 Å². The van der Waals surface area contributed by atoms with Gasteiger partial charge in [-0.2, -0.15) is 5.10 Å². The number of nitrogens with zero attached hydrogens (tertiary/aromatic N) is 3. The minimum atomic E-state index is -0.471. The molecule has 0 bridgehead atoms. The molecule has 0 unspecified atom stereocenters. The molecule has 0 fully saturated rings. The number of carbonyl (C=O) groups is 2. The van der Waals surface area contributed by atoms with Crippen LogP contribution in [-0.2, 0) is 6.54 Å². The lowest BCUT2D eigenvalue weighted by Gasteiger charge is -2.06. The SMILES string of the molecule is O=C(Nc1c[nH]nc1C(=O)NCc1ccccc1)c1cnccn1. The fourth-order valence-corrected chi connectivity index (χ4v) is 2.02. The first-order valence-corrected chi connectivity index (χ1v) is 7.17. The van der Waals surface area contributed by atoms with Gasteiger partial charge in [-0.05, 0) is 5.56 Å². The maximum atomic E-state index is 12.2. The average molecular weight is 322 g/mol. The Hall–Kier alpha value is -3.55. The predicted octanol–water partition coefficient (Wildman–Crippen LogP) is 1.38. The van der Waals surface area contributed by atoms with Crippen molar-refractivity contribution in [1.82, 2.24) is 25.5 Å². The van der Waals surface area contributed by atoms with Crippen LogP contribution in [0.25, 0.3) is 0 Å². The lowest BCUT2D eigenvalue weighted by atomic mass is 10.2. The molecule has 3 rings (SSSR count). The van der Waals surface area contributed by atoms with Gasteiger partial charge in [0.15, 0.2) is 5.69 Å². The van der Waals surface area contributed by atoms with Gasteiger partial charge < -0.3 is 10.6 Å². The molecule has 120 valence electrons. The van der Waals surface area contributed by atoms with Crippen LogP contribution in [0, 0.1) is 0 Å². The summed E-state index contributed by atoms with van der Waals surface area (Å²) < 4.78 is 0. The summed E-state index contributed by atoms with van der Waals surface area (Å²) in [7, 11) is 0. The van der Waals surface area contributed by atoms with Crippen molar-refractivity contribution in [1.29, 1.82) is 0 Å². The van der Waals surface area contributed by atoms with Gasteiger partial charge in [-0.1, -0.05) is 30.3 Å².